The molecule has 16 heavy (non-hydrogen) atoms. The van der Waals surface area contributed by atoms with Gasteiger partial charge in [-0.2, -0.15) is 0 Å². The van der Waals surface area contributed by atoms with Crippen molar-refractivity contribution in [3.8, 4) is 5.75 Å². The minimum absolute atomic E-state index is 0.258. The van der Waals surface area contributed by atoms with Crippen LogP contribution in [-0.4, -0.2) is 36.1 Å². The minimum Gasteiger partial charge on any atom is -0.490 e. The predicted octanol–water partition coefficient (Wildman–Crippen LogP) is 1.79. The number of likely N-dealkylation sites (tertiary alicyclic amines) is 1. The zero-order chi connectivity index (χ0) is 11.5. The summed E-state index contributed by atoms with van der Waals surface area (Å²) in [5.74, 6) is 1.11. The fraction of sp³-hybridized carbons (Fsp3) is 0.545. The molecule has 2 heterocycles. The molecular formula is C11H16ClN3O. The van der Waals surface area contributed by atoms with Crippen LogP contribution < -0.4 is 10.5 Å². The van der Waals surface area contributed by atoms with E-state index in [-0.39, 0.29) is 6.10 Å². The lowest BCUT2D eigenvalue weighted by Crippen LogP contribution is -2.35. The van der Waals surface area contributed by atoms with E-state index in [2.05, 4.69) is 16.9 Å². The van der Waals surface area contributed by atoms with E-state index < -0.39 is 0 Å². The first-order chi connectivity index (χ1) is 7.63. The molecule has 0 bridgehead atoms. The van der Waals surface area contributed by atoms with Gasteiger partial charge < -0.3 is 15.4 Å². The summed E-state index contributed by atoms with van der Waals surface area (Å²) in [6.45, 7) is 2.14. The van der Waals surface area contributed by atoms with Crippen LogP contribution in [0.4, 0.5) is 5.82 Å². The van der Waals surface area contributed by atoms with Gasteiger partial charge in [-0.1, -0.05) is 11.6 Å². The van der Waals surface area contributed by atoms with Gasteiger partial charge in [0.25, 0.3) is 0 Å². The Hall–Kier alpha value is -1.00. The first kappa shape index (κ1) is 11.5. The lowest BCUT2D eigenvalue weighted by Gasteiger charge is -2.29. The first-order valence-corrected chi connectivity index (χ1v) is 5.79. The number of halogens is 1. The molecule has 5 heteroatoms. The van der Waals surface area contributed by atoms with Crippen LogP contribution in [0.3, 0.4) is 0 Å². The zero-order valence-corrected chi connectivity index (χ0v) is 10.1. The molecule has 0 spiro atoms. The molecule has 1 saturated heterocycles. The van der Waals surface area contributed by atoms with Crippen molar-refractivity contribution in [3.63, 3.8) is 0 Å². The molecule has 1 aliphatic rings. The molecule has 0 atom stereocenters. The highest BCUT2D eigenvalue weighted by molar-refractivity contribution is 6.29. The van der Waals surface area contributed by atoms with E-state index in [1.165, 1.54) is 0 Å². The smallest absolute Gasteiger partial charge is 0.135 e. The Bertz CT molecular complexity index is 344. The van der Waals surface area contributed by atoms with Gasteiger partial charge in [0.05, 0.1) is 0 Å². The number of nitrogens with zero attached hydrogens (tertiary/aromatic N) is 2. The number of pyridine rings is 1. The number of ether oxygens (including phenoxy) is 1. The quantitative estimate of drug-likeness (QED) is 0.803. The first-order valence-electron chi connectivity index (χ1n) is 5.42. The molecule has 0 radical (unpaired) electrons. The van der Waals surface area contributed by atoms with Crippen molar-refractivity contribution in [2.45, 2.75) is 18.9 Å². The van der Waals surface area contributed by atoms with E-state index in [4.69, 9.17) is 22.1 Å². The molecule has 1 aliphatic heterocycles. The highest BCUT2D eigenvalue weighted by atomic mass is 35.5. The second-order valence-corrected chi connectivity index (χ2v) is 4.56. The number of rotatable bonds is 2. The maximum Gasteiger partial charge on any atom is 0.135 e. The highest BCUT2D eigenvalue weighted by Gasteiger charge is 2.18. The van der Waals surface area contributed by atoms with E-state index >= 15 is 0 Å². The summed E-state index contributed by atoms with van der Waals surface area (Å²) in [5, 5.41) is 0.378. The summed E-state index contributed by atoms with van der Waals surface area (Å²) in [5.41, 5.74) is 5.60. The number of hydrogen-bond acceptors (Lipinski definition) is 4. The largest absolute Gasteiger partial charge is 0.490 e. The Balaban J connectivity index is 1.98. The van der Waals surface area contributed by atoms with Crippen LogP contribution >= 0.6 is 11.6 Å². The van der Waals surface area contributed by atoms with Crippen molar-refractivity contribution in [2.24, 2.45) is 0 Å². The molecule has 0 saturated carbocycles. The average Bonchev–Trinajstić information content (AvgIpc) is 2.20. The maximum atomic E-state index is 5.83. The van der Waals surface area contributed by atoms with E-state index in [1.54, 1.807) is 12.1 Å². The Kier molecular flexibility index (Phi) is 3.51. The minimum atomic E-state index is 0.258. The highest BCUT2D eigenvalue weighted by Crippen LogP contribution is 2.22. The molecule has 2 N–H and O–H groups in total. The summed E-state index contributed by atoms with van der Waals surface area (Å²) in [6.07, 6.45) is 2.33. The standard InChI is InChI=1S/C11H16ClN3O/c1-15-4-2-8(3-5-15)16-9-6-10(12)14-11(13)7-9/h6-8H,2-5H2,1H3,(H2,13,14). The van der Waals surface area contributed by atoms with Gasteiger partial charge in [0.2, 0.25) is 0 Å². The van der Waals surface area contributed by atoms with Crippen molar-refractivity contribution >= 4 is 17.4 Å². The second kappa shape index (κ2) is 4.89. The Morgan fingerprint density at radius 2 is 2.12 bits per heavy atom. The van der Waals surface area contributed by atoms with Gasteiger partial charge in [-0.25, -0.2) is 4.98 Å². The molecule has 1 aromatic rings. The lowest BCUT2D eigenvalue weighted by atomic mass is 10.1. The van der Waals surface area contributed by atoms with Gasteiger partial charge in [-0.3, -0.25) is 0 Å². The Labute approximate surface area is 100 Å². The third-order valence-corrected chi connectivity index (χ3v) is 2.95. The van der Waals surface area contributed by atoms with Crippen molar-refractivity contribution < 1.29 is 4.74 Å². The summed E-state index contributed by atoms with van der Waals surface area (Å²) in [4.78, 5) is 6.19. The van der Waals surface area contributed by atoms with Gasteiger partial charge in [-0.15, -0.1) is 0 Å². The summed E-state index contributed by atoms with van der Waals surface area (Å²) in [6, 6.07) is 3.42. The SMILES string of the molecule is CN1CCC(Oc2cc(N)nc(Cl)c2)CC1. The molecule has 4 nitrogen and oxygen atoms in total. The monoisotopic (exact) mass is 241 g/mol. The van der Waals surface area contributed by atoms with Gasteiger partial charge in [0, 0.05) is 25.2 Å². The van der Waals surface area contributed by atoms with E-state index in [0.717, 1.165) is 25.9 Å². The number of piperidine rings is 1. The fourth-order valence-electron chi connectivity index (χ4n) is 1.86. The van der Waals surface area contributed by atoms with Gasteiger partial charge >= 0.3 is 0 Å². The predicted molar refractivity (Wildman–Crippen MR) is 64.8 cm³/mol. The van der Waals surface area contributed by atoms with Crippen molar-refractivity contribution in [2.75, 3.05) is 25.9 Å². The number of aromatic nitrogens is 1. The van der Waals surface area contributed by atoms with E-state index in [0.29, 0.717) is 16.7 Å². The number of hydrogen-bond donors (Lipinski definition) is 1. The summed E-state index contributed by atoms with van der Waals surface area (Å²) < 4.78 is 5.83. The van der Waals surface area contributed by atoms with Crippen molar-refractivity contribution in [1.82, 2.24) is 9.88 Å². The topological polar surface area (TPSA) is 51.4 Å². The van der Waals surface area contributed by atoms with Crippen LogP contribution in [0.2, 0.25) is 5.15 Å². The van der Waals surface area contributed by atoms with Gasteiger partial charge in [0.15, 0.2) is 0 Å². The lowest BCUT2D eigenvalue weighted by molar-refractivity contribution is 0.114. The van der Waals surface area contributed by atoms with Gasteiger partial charge in [0.1, 0.15) is 22.8 Å². The van der Waals surface area contributed by atoms with Crippen LogP contribution in [0.1, 0.15) is 12.8 Å². The normalized spacial score (nSPS) is 18.6. The number of nitrogens with two attached hydrogens (primary N) is 1. The van der Waals surface area contributed by atoms with Gasteiger partial charge in [-0.05, 0) is 19.9 Å². The average molecular weight is 242 g/mol. The van der Waals surface area contributed by atoms with E-state index in [1.807, 2.05) is 0 Å². The molecular weight excluding hydrogens is 226 g/mol. The second-order valence-electron chi connectivity index (χ2n) is 4.17. The van der Waals surface area contributed by atoms with Crippen LogP contribution in [-0.2, 0) is 0 Å². The molecule has 0 aromatic carbocycles. The molecule has 0 aliphatic carbocycles. The van der Waals surface area contributed by atoms with Crippen LogP contribution in [0.5, 0.6) is 5.75 Å². The Morgan fingerprint density at radius 3 is 2.75 bits per heavy atom. The maximum absolute atomic E-state index is 5.83. The summed E-state index contributed by atoms with van der Waals surface area (Å²) >= 11 is 5.81. The molecule has 1 aromatic heterocycles. The zero-order valence-electron chi connectivity index (χ0n) is 9.32. The number of nitrogen functional groups attached to an aromatic ring is 1. The van der Waals surface area contributed by atoms with Crippen LogP contribution in [0.15, 0.2) is 12.1 Å². The third kappa shape index (κ3) is 3.00. The Morgan fingerprint density at radius 1 is 1.44 bits per heavy atom. The van der Waals surface area contributed by atoms with Crippen molar-refractivity contribution in [3.05, 3.63) is 17.3 Å². The third-order valence-electron chi connectivity index (χ3n) is 2.76. The summed E-state index contributed by atoms with van der Waals surface area (Å²) in [7, 11) is 2.12. The van der Waals surface area contributed by atoms with E-state index in [9.17, 15) is 0 Å². The fourth-order valence-corrected chi connectivity index (χ4v) is 2.06. The molecule has 1 fully saturated rings. The van der Waals surface area contributed by atoms with Crippen LogP contribution in [0.25, 0.3) is 0 Å². The number of anilines is 1. The molecule has 2 rings (SSSR count). The molecule has 88 valence electrons. The van der Waals surface area contributed by atoms with Crippen LogP contribution in [0, 0.1) is 0 Å². The molecule has 0 amide bonds. The van der Waals surface area contributed by atoms with Crippen molar-refractivity contribution in [1.29, 1.82) is 0 Å². The molecule has 0 unspecified atom stereocenters.